The molecule has 0 aromatic rings. The van der Waals surface area contributed by atoms with Crippen LogP contribution in [0.3, 0.4) is 0 Å². The number of rotatable bonds is 31. The number of ether oxygens (including phenoxy) is 8. The van der Waals surface area contributed by atoms with Crippen LogP contribution in [0.15, 0.2) is 0 Å². The second-order valence-electron chi connectivity index (χ2n) is 15.7. The van der Waals surface area contributed by atoms with Crippen molar-refractivity contribution >= 4 is 65.7 Å². The first-order chi connectivity index (χ1) is 32.0. The highest BCUT2D eigenvalue weighted by molar-refractivity contribution is 5.82. The van der Waals surface area contributed by atoms with Gasteiger partial charge in [-0.15, -0.1) is 0 Å². The van der Waals surface area contributed by atoms with Crippen LogP contribution in [-0.4, -0.2) is 187 Å². The molecule has 25 heteroatoms. The highest BCUT2D eigenvalue weighted by atomic mass is 16.6. The van der Waals surface area contributed by atoms with E-state index in [0.29, 0.717) is 6.29 Å². The molecule has 386 valence electrons. The molecule has 9 unspecified atom stereocenters. The van der Waals surface area contributed by atoms with Gasteiger partial charge in [-0.3, -0.25) is 47.9 Å². The number of aliphatic hydroxyl groups is 2. The number of aliphatic hydroxyl groups excluding tert-OH is 2. The van der Waals surface area contributed by atoms with Crippen molar-refractivity contribution in [1.29, 1.82) is 0 Å². The molecule has 4 N–H and O–H groups in total. The van der Waals surface area contributed by atoms with Gasteiger partial charge in [-0.25, -0.2) is 0 Å². The summed E-state index contributed by atoms with van der Waals surface area (Å²) in [5.41, 5.74) is 0. The van der Waals surface area contributed by atoms with Crippen LogP contribution in [0.4, 0.5) is 0 Å². The van der Waals surface area contributed by atoms with Crippen molar-refractivity contribution in [2.24, 2.45) is 0 Å². The highest BCUT2D eigenvalue weighted by Crippen LogP contribution is 2.21. The maximum atomic E-state index is 13.2. The van der Waals surface area contributed by atoms with Crippen LogP contribution < -0.4 is 10.6 Å². The van der Waals surface area contributed by atoms with E-state index in [4.69, 9.17) is 37.9 Å². The number of piperazine rings is 1. The van der Waals surface area contributed by atoms with Crippen molar-refractivity contribution in [3.8, 4) is 0 Å². The molecule has 0 radical (unpaired) electrons. The lowest BCUT2D eigenvalue weighted by atomic mass is 10.0. The van der Waals surface area contributed by atoms with Crippen molar-refractivity contribution < 1.29 is 101 Å². The Kier molecular flexibility index (Phi) is 28.4. The lowest BCUT2D eigenvalue weighted by Crippen LogP contribution is -2.57. The summed E-state index contributed by atoms with van der Waals surface area (Å²) >= 11 is 0. The summed E-state index contributed by atoms with van der Waals surface area (Å²) in [7, 11) is 0. The second-order valence-corrected chi connectivity index (χ2v) is 15.7. The van der Waals surface area contributed by atoms with Gasteiger partial charge in [0.25, 0.3) is 0 Å². The molecule has 0 aliphatic carbocycles. The predicted molar refractivity (Wildman–Crippen MR) is 230 cm³/mol. The van der Waals surface area contributed by atoms with E-state index in [1.165, 1.54) is 9.80 Å². The van der Waals surface area contributed by atoms with E-state index in [1.807, 2.05) is 0 Å². The summed E-state index contributed by atoms with van der Waals surface area (Å²) < 4.78 is 42.2. The third-order valence-electron chi connectivity index (χ3n) is 9.85. The third kappa shape index (κ3) is 24.3. The van der Waals surface area contributed by atoms with E-state index in [-0.39, 0.29) is 109 Å². The molecular formula is C43H68N4O21. The molecule has 9 atom stereocenters. The summed E-state index contributed by atoms with van der Waals surface area (Å²) in [5, 5.41) is 26.9. The number of hydrogen-bond donors (Lipinski definition) is 4. The minimum atomic E-state index is -1.80. The smallest absolute Gasteiger partial charge is 0.303 e. The van der Waals surface area contributed by atoms with E-state index in [2.05, 4.69) is 10.6 Å². The molecule has 0 bridgehead atoms. The van der Waals surface area contributed by atoms with Crippen LogP contribution in [0.1, 0.15) is 107 Å². The summed E-state index contributed by atoms with van der Waals surface area (Å²) in [5.74, 6) is -6.45. The zero-order valence-electron chi connectivity index (χ0n) is 39.9. The molecule has 1 rings (SSSR count). The van der Waals surface area contributed by atoms with E-state index < -0.39 is 103 Å². The molecule has 0 aromatic heterocycles. The highest BCUT2D eigenvalue weighted by Gasteiger charge is 2.42. The zero-order chi connectivity index (χ0) is 51.5. The van der Waals surface area contributed by atoms with Crippen molar-refractivity contribution in [3.05, 3.63) is 0 Å². The molecule has 1 heterocycles. The minimum Gasteiger partial charge on any atom is -0.466 e. The number of nitrogens with zero attached hydrogens (tertiary/aromatic N) is 2. The molecule has 1 aliphatic heterocycles. The first kappa shape index (κ1) is 60.2. The average molecular weight is 977 g/mol. The van der Waals surface area contributed by atoms with Gasteiger partial charge in [-0.05, 0) is 25.7 Å². The minimum absolute atomic E-state index is 0.0177. The predicted octanol–water partition coefficient (Wildman–Crippen LogP) is -1.12. The molecule has 1 aliphatic rings. The van der Waals surface area contributed by atoms with Gasteiger partial charge in [0, 0.05) is 114 Å². The molecule has 25 nitrogen and oxygen atoms in total. The Morgan fingerprint density at radius 2 is 0.941 bits per heavy atom. The van der Waals surface area contributed by atoms with Crippen LogP contribution in [0, 0.1) is 0 Å². The summed E-state index contributed by atoms with van der Waals surface area (Å²) in [4.78, 5) is 136. The number of unbranched alkanes of at least 4 members (excludes halogenated alkanes) is 2. The fraction of sp³-hybridized carbons (Fsp3) is 0.744. The number of carbonyl (C=O) groups is 11. The summed E-state index contributed by atoms with van der Waals surface area (Å²) in [6, 6.07) is -3.82. The van der Waals surface area contributed by atoms with Gasteiger partial charge in [0.1, 0.15) is 36.6 Å². The largest absolute Gasteiger partial charge is 0.466 e. The molecule has 1 saturated heterocycles. The Bertz CT molecular complexity index is 1710. The van der Waals surface area contributed by atoms with Crippen molar-refractivity contribution in [2.45, 2.75) is 162 Å². The Morgan fingerprint density at radius 3 is 1.29 bits per heavy atom. The molecule has 0 aromatic carbocycles. The SMILES string of the molecule is CC(=O)NC(C(O)OCCCCC(=O)N1CCN(C(=O)CCCCOC(O)C(NC(C)=O)C(OC(C)=O)C(CCOC(C)=O)OC(C)=O)C(C=O)C1)C(OC(C)=O)C(CCOC(C)=O)OC(C)=O. The van der Waals surface area contributed by atoms with Gasteiger partial charge < -0.3 is 73.3 Å². The molecule has 1 fully saturated rings. The normalized spacial score (nSPS) is 17.0. The van der Waals surface area contributed by atoms with Crippen LogP contribution >= 0.6 is 0 Å². The van der Waals surface area contributed by atoms with Gasteiger partial charge in [0.2, 0.25) is 23.6 Å². The molecule has 0 spiro atoms. The lowest BCUT2D eigenvalue weighted by molar-refractivity contribution is -0.190. The van der Waals surface area contributed by atoms with Gasteiger partial charge in [0.05, 0.1) is 13.2 Å². The Morgan fingerprint density at radius 1 is 0.544 bits per heavy atom. The quantitative estimate of drug-likeness (QED) is 0.0210. The third-order valence-corrected chi connectivity index (χ3v) is 9.85. The van der Waals surface area contributed by atoms with Gasteiger partial charge >= 0.3 is 35.8 Å². The summed E-state index contributed by atoms with van der Waals surface area (Å²) in [6.07, 6.45) is -7.89. The second kappa shape index (κ2) is 32.0. The number of nitrogens with one attached hydrogen (secondary N) is 2. The topological polar surface area (TPSA) is 333 Å². The number of esters is 6. The Balaban J connectivity index is 2.78. The lowest BCUT2D eigenvalue weighted by Gasteiger charge is -2.39. The van der Waals surface area contributed by atoms with Gasteiger partial charge in [-0.2, -0.15) is 0 Å². The van der Waals surface area contributed by atoms with Crippen LogP contribution in [-0.2, 0) is 90.6 Å². The molecule has 4 amide bonds. The van der Waals surface area contributed by atoms with E-state index >= 15 is 0 Å². The van der Waals surface area contributed by atoms with Gasteiger partial charge in [0.15, 0.2) is 24.8 Å². The number of amides is 4. The Labute approximate surface area is 394 Å². The Hall–Kier alpha value is -5.79. The van der Waals surface area contributed by atoms with Crippen LogP contribution in [0.5, 0.6) is 0 Å². The fourth-order valence-corrected chi connectivity index (χ4v) is 7.03. The zero-order valence-corrected chi connectivity index (χ0v) is 39.9. The number of carbonyl (C=O) groups excluding carboxylic acids is 11. The van der Waals surface area contributed by atoms with Crippen LogP contribution in [0.25, 0.3) is 0 Å². The average Bonchev–Trinajstić information content (AvgIpc) is 3.23. The molecule has 68 heavy (non-hydrogen) atoms. The van der Waals surface area contributed by atoms with Crippen molar-refractivity contribution in [3.63, 3.8) is 0 Å². The maximum absolute atomic E-state index is 13.2. The van der Waals surface area contributed by atoms with Crippen LogP contribution in [0.2, 0.25) is 0 Å². The van der Waals surface area contributed by atoms with E-state index in [9.17, 15) is 63.0 Å². The standard InChI is InChI=1S/C43H68N4O21/c1-25(49)44-38(40(67-31(7)55)34(65-29(5)53)15-21-61-27(3)51)42(59)63-19-11-9-13-36(57)46-17-18-47(33(23-46)24-48)37(58)14-10-12-20-64-43(60)39(45-26(2)50)41(68-32(8)56)35(66-30(6)54)16-22-62-28(4)52/h24,33-35,38-43,59-60H,9-23H2,1-8H3,(H,44,49)(H,45,50). The van der Waals surface area contributed by atoms with Gasteiger partial charge in [-0.1, -0.05) is 0 Å². The number of aldehydes is 1. The maximum Gasteiger partial charge on any atom is 0.303 e. The van der Waals surface area contributed by atoms with E-state index in [0.717, 1.165) is 55.4 Å². The monoisotopic (exact) mass is 976 g/mol. The fourth-order valence-electron chi connectivity index (χ4n) is 7.03. The van der Waals surface area contributed by atoms with Crippen molar-refractivity contribution in [1.82, 2.24) is 20.4 Å². The summed E-state index contributed by atoms with van der Waals surface area (Å²) in [6.45, 7) is 8.29. The van der Waals surface area contributed by atoms with E-state index in [1.54, 1.807) is 0 Å². The molecular weight excluding hydrogens is 908 g/mol. The first-order valence-corrected chi connectivity index (χ1v) is 22.1. The van der Waals surface area contributed by atoms with Crippen molar-refractivity contribution in [2.75, 3.05) is 46.1 Å². The number of hydrogen-bond acceptors (Lipinski definition) is 21. The first-order valence-electron chi connectivity index (χ1n) is 22.1. The molecule has 0 saturated carbocycles.